The fraction of sp³-hybridized carbons (Fsp3) is 0.129. The summed E-state index contributed by atoms with van der Waals surface area (Å²) in [5.74, 6) is -0.385. The minimum atomic E-state index is -4.73. The van der Waals surface area contributed by atoms with Crippen LogP contribution in [-0.2, 0) is 30.4 Å². The summed E-state index contributed by atoms with van der Waals surface area (Å²) >= 11 is 6.24. The molecule has 27 heteroatoms. The summed E-state index contributed by atoms with van der Waals surface area (Å²) in [5, 5.41) is 15.9. The fourth-order valence-electron chi connectivity index (χ4n) is 4.37. The zero-order chi connectivity index (χ0) is 39.8. The predicted octanol–water partition coefficient (Wildman–Crippen LogP) is -4.17. The van der Waals surface area contributed by atoms with Gasteiger partial charge >= 0.3 is 88.7 Å². The van der Waals surface area contributed by atoms with Crippen LogP contribution in [0.15, 0.2) is 125 Å². The van der Waals surface area contributed by atoms with Crippen molar-refractivity contribution in [1.82, 2.24) is 15.0 Å². The van der Waals surface area contributed by atoms with Gasteiger partial charge in [0.1, 0.15) is 43.1 Å². The van der Waals surface area contributed by atoms with Gasteiger partial charge in [-0.3, -0.25) is 4.98 Å². The van der Waals surface area contributed by atoms with E-state index >= 15 is 0 Å². The molecule has 0 aliphatic heterocycles. The van der Waals surface area contributed by atoms with Crippen LogP contribution in [0.5, 0.6) is 11.5 Å². The second-order valence-corrected chi connectivity index (χ2v) is 15.5. The molecule has 0 aliphatic carbocycles. The third-order valence-corrected chi connectivity index (χ3v) is 9.42. The zero-order valence-corrected chi connectivity index (χ0v) is 40.1. The van der Waals surface area contributed by atoms with Crippen molar-refractivity contribution >= 4 is 76.1 Å². The number of azo groups is 2. The second-order valence-electron chi connectivity index (χ2n) is 10.8. The topological polar surface area (TPSA) is 309 Å². The van der Waals surface area contributed by atoms with E-state index < -0.39 is 45.9 Å². The molecular weight excluding hydrogens is 875 g/mol. The number of nitrogens with one attached hydrogen (secondary N) is 2. The minimum absolute atomic E-state index is 0. The number of H-pyrrole nitrogens is 2. The van der Waals surface area contributed by atoms with Crippen LogP contribution in [0.2, 0.25) is 5.28 Å². The van der Waals surface area contributed by atoms with Crippen LogP contribution in [0.3, 0.4) is 0 Å². The van der Waals surface area contributed by atoms with Crippen LogP contribution < -0.4 is 109 Å². The Kier molecular flexibility index (Phi) is 20.2. The summed E-state index contributed by atoms with van der Waals surface area (Å²) in [6, 6.07) is 18.8. The van der Waals surface area contributed by atoms with Crippen molar-refractivity contribution in [1.29, 1.82) is 0 Å². The third-order valence-electron chi connectivity index (χ3n) is 6.79. The first-order valence-corrected chi connectivity index (χ1v) is 20.0. The number of halogens is 1. The monoisotopic (exact) mass is 899 g/mol. The number of hydrogen-bond acceptors (Lipinski definition) is 18. The van der Waals surface area contributed by atoms with E-state index in [0.717, 1.165) is 24.3 Å². The van der Waals surface area contributed by atoms with Crippen molar-refractivity contribution in [3.05, 3.63) is 101 Å². The molecule has 0 aliphatic rings. The standard InChI is InChI=1S/C31H28ClN9O11S3.3Na/c1-51-27-17-21(40-38-19-5-2-7-23(15-19)54(45,46)47)9-11-25(27)33-30-35-29(32)36-31(37-30)34-26-12-10-22(18-28(26)52-13-4-14-53(42,43)44)41-39-20-6-3-8-24(16-20)55(48,49)50;;;/h2-3,5-12,15-18H,4,13-14H2,1H3,(H,42,43,44)(H,45,46,47)(H,48,49,50)(H2,33,34,35,36,37);;;/q;3*+1/p-3. The van der Waals surface area contributed by atoms with Gasteiger partial charge in [-0.05, 0) is 78.7 Å². The van der Waals surface area contributed by atoms with Crippen LogP contribution in [0, 0.1) is 0 Å². The molecule has 0 amide bonds. The average Bonchev–Trinajstić information content (AvgIpc) is 3.12. The van der Waals surface area contributed by atoms with Gasteiger partial charge in [0.15, 0.2) is 0 Å². The summed E-state index contributed by atoms with van der Waals surface area (Å²) in [4.78, 5) is 17.7. The van der Waals surface area contributed by atoms with E-state index in [-0.39, 0.29) is 158 Å². The van der Waals surface area contributed by atoms with Gasteiger partial charge in [0.2, 0.25) is 16.5 Å². The maximum atomic E-state index is 11.4. The number of benzene rings is 4. The van der Waals surface area contributed by atoms with Gasteiger partial charge in [-0.25, -0.2) is 35.2 Å². The quantitative estimate of drug-likeness (QED) is 0.0465. The molecule has 0 radical (unpaired) electrons. The molecule has 0 bridgehead atoms. The average molecular weight is 900 g/mol. The molecule has 1 aromatic heterocycles. The minimum Gasteiger partial charge on any atom is -0.748 e. The summed E-state index contributed by atoms with van der Waals surface area (Å²) in [7, 11) is -12.5. The van der Waals surface area contributed by atoms with Crippen molar-refractivity contribution in [3.63, 3.8) is 0 Å². The molecule has 4 aromatic carbocycles. The SMILES string of the molecule is COc1cc(N=Nc2cccc(S(=O)(=O)[O-])c2)ccc1N=c1nc(Cl)[nH]c(=Nc2ccc(N=Nc3cccc(S(=O)(=O)[O-])c3)cc2OCCCS(=O)(=O)[O-])[nH]1.[Na+].[Na+].[Na+]. The van der Waals surface area contributed by atoms with Gasteiger partial charge in [0.25, 0.3) is 0 Å². The summed E-state index contributed by atoms with van der Waals surface area (Å²) < 4.78 is 113. The number of methoxy groups -OCH3 is 1. The molecular formula is C31H25ClN9Na3O11S3. The molecule has 0 atom stereocenters. The Hall–Kier alpha value is -2.69. The molecule has 0 spiro atoms. The third kappa shape index (κ3) is 16.1. The van der Waals surface area contributed by atoms with Crippen molar-refractivity contribution in [2.24, 2.45) is 30.4 Å². The number of aromatic nitrogens is 3. The molecule has 0 unspecified atom stereocenters. The Bertz CT molecular complexity index is 2790. The first-order valence-electron chi connectivity index (χ1n) is 15.2. The number of nitrogens with zero attached hydrogens (tertiary/aromatic N) is 7. The normalized spacial score (nSPS) is 12.5. The van der Waals surface area contributed by atoms with Gasteiger partial charge in [0.05, 0.1) is 56.4 Å². The largest absolute Gasteiger partial charge is 1.00 e. The number of hydrogen-bond donors (Lipinski definition) is 2. The first-order chi connectivity index (χ1) is 25.9. The van der Waals surface area contributed by atoms with Gasteiger partial charge in [-0.15, -0.1) is 0 Å². The van der Waals surface area contributed by atoms with Gasteiger partial charge in [-0.1, -0.05) is 12.1 Å². The summed E-state index contributed by atoms with van der Waals surface area (Å²) in [5.41, 5.74) is 1.09. The zero-order valence-electron chi connectivity index (χ0n) is 30.9. The van der Waals surface area contributed by atoms with Crippen molar-refractivity contribution in [2.45, 2.75) is 16.2 Å². The number of aromatic amines is 2. The molecule has 1 heterocycles. The van der Waals surface area contributed by atoms with E-state index in [4.69, 9.17) is 21.1 Å². The molecule has 0 saturated carbocycles. The van der Waals surface area contributed by atoms with E-state index in [0.29, 0.717) is 5.69 Å². The smallest absolute Gasteiger partial charge is 0.748 e. The fourth-order valence-corrected chi connectivity index (χ4v) is 6.03. The Morgan fingerprint density at radius 1 is 0.655 bits per heavy atom. The molecule has 20 nitrogen and oxygen atoms in total. The van der Waals surface area contributed by atoms with Crippen molar-refractivity contribution < 1.29 is 137 Å². The van der Waals surface area contributed by atoms with E-state index in [2.05, 4.69) is 45.4 Å². The molecule has 5 rings (SSSR count). The molecule has 0 saturated heterocycles. The van der Waals surface area contributed by atoms with Gasteiger partial charge < -0.3 is 28.1 Å². The maximum Gasteiger partial charge on any atom is 1.00 e. The Morgan fingerprint density at radius 2 is 1.14 bits per heavy atom. The van der Waals surface area contributed by atoms with Crippen molar-refractivity contribution in [2.75, 3.05) is 19.5 Å². The predicted molar refractivity (Wildman–Crippen MR) is 190 cm³/mol. The van der Waals surface area contributed by atoms with E-state index in [1.54, 1.807) is 0 Å². The maximum absolute atomic E-state index is 11.4. The van der Waals surface area contributed by atoms with Gasteiger partial charge in [-0.2, -0.15) is 25.4 Å². The van der Waals surface area contributed by atoms with Crippen LogP contribution in [0.4, 0.5) is 34.1 Å². The van der Waals surface area contributed by atoms with Crippen LogP contribution in [0.25, 0.3) is 0 Å². The van der Waals surface area contributed by atoms with E-state index in [1.165, 1.54) is 67.8 Å². The first kappa shape index (κ1) is 51.5. The molecule has 2 N–H and O–H groups in total. The second kappa shape index (κ2) is 22.8. The molecule has 0 fully saturated rings. The molecule has 58 heavy (non-hydrogen) atoms. The van der Waals surface area contributed by atoms with E-state index in [9.17, 15) is 38.9 Å². The van der Waals surface area contributed by atoms with Gasteiger partial charge in [0, 0.05) is 17.9 Å². The number of ether oxygens (including phenoxy) is 2. The van der Waals surface area contributed by atoms with Crippen molar-refractivity contribution in [3.8, 4) is 11.5 Å². The molecule has 288 valence electrons. The van der Waals surface area contributed by atoms with E-state index in [1.807, 2.05) is 0 Å². The summed E-state index contributed by atoms with van der Waals surface area (Å²) in [6.45, 7) is -0.205. The van der Waals surface area contributed by atoms with Crippen LogP contribution in [-0.4, -0.2) is 73.3 Å². The van der Waals surface area contributed by atoms with Crippen LogP contribution >= 0.6 is 11.6 Å². The Balaban J connectivity index is 0.00000387. The Labute approximate surface area is 402 Å². The van der Waals surface area contributed by atoms with Crippen LogP contribution in [0.1, 0.15) is 6.42 Å². The molecule has 5 aromatic rings. The summed E-state index contributed by atoms with van der Waals surface area (Å²) in [6.07, 6.45) is -0.142. The number of rotatable bonds is 14. The Morgan fingerprint density at radius 3 is 1.62 bits per heavy atom.